The lowest BCUT2D eigenvalue weighted by Gasteiger charge is -2.21. The number of aliphatic carboxylic acids is 1. The van der Waals surface area contributed by atoms with E-state index in [9.17, 15) is 9.59 Å². The summed E-state index contributed by atoms with van der Waals surface area (Å²) in [6.07, 6.45) is 8.69. The molecule has 0 saturated carbocycles. The molecule has 0 saturated heterocycles. The first-order chi connectivity index (χ1) is 10.6. The van der Waals surface area contributed by atoms with Gasteiger partial charge in [0.25, 0.3) is 0 Å². The lowest BCUT2D eigenvalue weighted by atomic mass is 10.1. The predicted molar refractivity (Wildman–Crippen MR) is 84.6 cm³/mol. The van der Waals surface area contributed by atoms with Crippen molar-refractivity contribution in [1.29, 1.82) is 0 Å². The summed E-state index contributed by atoms with van der Waals surface area (Å²) in [5.41, 5.74) is 0. The van der Waals surface area contributed by atoms with Crippen molar-refractivity contribution in [1.82, 2.24) is 4.90 Å². The Morgan fingerprint density at radius 1 is 1.00 bits per heavy atom. The number of unbranched alkanes of at least 4 members (excludes halogenated alkanes) is 5. The summed E-state index contributed by atoms with van der Waals surface area (Å²) in [6, 6.07) is 0. The van der Waals surface area contributed by atoms with Crippen LogP contribution in [0.5, 0.6) is 0 Å². The Bertz CT molecular complexity index is 330. The third kappa shape index (κ3) is 12.3. The van der Waals surface area contributed by atoms with Crippen molar-refractivity contribution >= 4 is 11.9 Å². The molecule has 0 fully saturated rings. The second-order valence-electron chi connectivity index (χ2n) is 5.10. The van der Waals surface area contributed by atoms with E-state index in [1.807, 2.05) is 0 Å². The SMILES string of the molecule is CCCCCCCCN(CCOCCO)C(=O)/C=C\C(=O)O. The van der Waals surface area contributed by atoms with E-state index in [1.165, 1.54) is 19.3 Å². The molecule has 6 heteroatoms. The molecular formula is C16H29NO5. The fourth-order valence-electron chi connectivity index (χ4n) is 2.00. The molecule has 128 valence electrons. The van der Waals surface area contributed by atoms with Crippen LogP contribution in [0.4, 0.5) is 0 Å². The zero-order valence-electron chi connectivity index (χ0n) is 13.5. The standard InChI is InChI=1S/C16H29NO5/c1-2-3-4-5-6-7-10-17(11-13-22-14-12-18)15(19)8-9-16(20)21/h8-9,18H,2-7,10-14H2,1H3,(H,20,21)/b9-8-. The fourth-order valence-corrected chi connectivity index (χ4v) is 2.00. The van der Waals surface area contributed by atoms with E-state index in [4.69, 9.17) is 14.9 Å². The largest absolute Gasteiger partial charge is 0.478 e. The van der Waals surface area contributed by atoms with Crippen molar-refractivity contribution in [3.8, 4) is 0 Å². The minimum atomic E-state index is -1.13. The number of carboxylic acids is 1. The molecule has 22 heavy (non-hydrogen) atoms. The number of amides is 1. The molecule has 0 aromatic heterocycles. The quantitative estimate of drug-likeness (QED) is 0.377. The van der Waals surface area contributed by atoms with Gasteiger partial charge in [-0.25, -0.2) is 4.79 Å². The third-order valence-corrected chi connectivity index (χ3v) is 3.20. The number of aliphatic hydroxyl groups excluding tert-OH is 1. The Morgan fingerprint density at radius 3 is 2.32 bits per heavy atom. The highest BCUT2D eigenvalue weighted by Crippen LogP contribution is 2.06. The summed E-state index contributed by atoms with van der Waals surface area (Å²) in [7, 11) is 0. The van der Waals surface area contributed by atoms with E-state index in [0.29, 0.717) is 19.7 Å². The molecule has 0 aromatic carbocycles. The highest BCUT2D eigenvalue weighted by atomic mass is 16.5. The number of hydrogen-bond acceptors (Lipinski definition) is 4. The van der Waals surface area contributed by atoms with Crippen molar-refractivity contribution in [3.63, 3.8) is 0 Å². The molecule has 0 heterocycles. The molecule has 0 radical (unpaired) electrons. The normalized spacial score (nSPS) is 11.0. The smallest absolute Gasteiger partial charge is 0.328 e. The summed E-state index contributed by atoms with van der Waals surface area (Å²) in [5, 5.41) is 17.2. The first-order valence-electron chi connectivity index (χ1n) is 8.00. The van der Waals surface area contributed by atoms with Gasteiger partial charge in [-0.1, -0.05) is 39.0 Å². The Balaban J connectivity index is 4.15. The van der Waals surface area contributed by atoms with Crippen LogP contribution in [0.1, 0.15) is 45.4 Å². The maximum absolute atomic E-state index is 11.9. The first kappa shape index (κ1) is 20.6. The summed E-state index contributed by atoms with van der Waals surface area (Å²) < 4.78 is 5.16. The van der Waals surface area contributed by atoms with E-state index in [-0.39, 0.29) is 19.1 Å². The number of aliphatic hydroxyl groups is 1. The van der Waals surface area contributed by atoms with Crippen LogP contribution in [0, 0.1) is 0 Å². The van der Waals surface area contributed by atoms with Crippen LogP contribution in [0.25, 0.3) is 0 Å². The van der Waals surface area contributed by atoms with E-state index >= 15 is 0 Å². The van der Waals surface area contributed by atoms with E-state index in [1.54, 1.807) is 4.90 Å². The summed E-state index contributed by atoms with van der Waals surface area (Å²) in [5.74, 6) is -1.45. The average Bonchev–Trinajstić information content (AvgIpc) is 2.50. The summed E-state index contributed by atoms with van der Waals surface area (Å²) in [6.45, 7) is 3.69. The number of carboxylic acid groups (broad SMARTS) is 1. The third-order valence-electron chi connectivity index (χ3n) is 3.20. The molecule has 6 nitrogen and oxygen atoms in total. The highest BCUT2D eigenvalue weighted by molar-refractivity contribution is 5.93. The summed E-state index contributed by atoms with van der Waals surface area (Å²) in [4.78, 5) is 24.0. The van der Waals surface area contributed by atoms with Gasteiger partial charge in [0.05, 0.1) is 19.8 Å². The van der Waals surface area contributed by atoms with Crippen LogP contribution >= 0.6 is 0 Å². The maximum atomic E-state index is 11.9. The number of hydrogen-bond donors (Lipinski definition) is 2. The van der Waals surface area contributed by atoms with Crippen LogP contribution in [0.3, 0.4) is 0 Å². The molecule has 1 amide bonds. The van der Waals surface area contributed by atoms with Gasteiger partial charge >= 0.3 is 5.97 Å². The van der Waals surface area contributed by atoms with Gasteiger partial charge in [-0.3, -0.25) is 4.79 Å². The highest BCUT2D eigenvalue weighted by Gasteiger charge is 2.10. The Kier molecular flexibility index (Phi) is 13.6. The number of carbonyl (C=O) groups excluding carboxylic acids is 1. The maximum Gasteiger partial charge on any atom is 0.328 e. The Hall–Kier alpha value is -1.40. The minimum Gasteiger partial charge on any atom is -0.478 e. The molecule has 0 bridgehead atoms. The van der Waals surface area contributed by atoms with Crippen molar-refractivity contribution < 1.29 is 24.5 Å². The number of nitrogens with zero attached hydrogens (tertiary/aromatic N) is 1. The van der Waals surface area contributed by atoms with Crippen LogP contribution < -0.4 is 0 Å². The average molecular weight is 315 g/mol. The molecule has 0 aliphatic carbocycles. The van der Waals surface area contributed by atoms with Crippen molar-refractivity contribution in [2.45, 2.75) is 45.4 Å². The monoisotopic (exact) mass is 315 g/mol. The van der Waals surface area contributed by atoms with E-state index < -0.39 is 5.97 Å². The molecule has 2 N–H and O–H groups in total. The van der Waals surface area contributed by atoms with Crippen molar-refractivity contribution in [2.75, 3.05) is 32.9 Å². The van der Waals surface area contributed by atoms with E-state index in [2.05, 4.69) is 6.92 Å². The van der Waals surface area contributed by atoms with Crippen LogP contribution in [-0.4, -0.2) is 59.9 Å². The molecule has 0 atom stereocenters. The van der Waals surface area contributed by atoms with Crippen molar-refractivity contribution in [3.05, 3.63) is 12.2 Å². The van der Waals surface area contributed by atoms with E-state index in [0.717, 1.165) is 31.4 Å². The van der Waals surface area contributed by atoms with Gasteiger partial charge in [0, 0.05) is 25.2 Å². The fraction of sp³-hybridized carbons (Fsp3) is 0.750. The Labute approximate surface area is 132 Å². The van der Waals surface area contributed by atoms with Crippen LogP contribution in [-0.2, 0) is 14.3 Å². The van der Waals surface area contributed by atoms with Crippen molar-refractivity contribution in [2.24, 2.45) is 0 Å². The zero-order valence-corrected chi connectivity index (χ0v) is 13.5. The lowest BCUT2D eigenvalue weighted by molar-refractivity contribution is -0.132. The Morgan fingerprint density at radius 2 is 1.68 bits per heavy atom. The van der Waals surface area contributed by atoms with Gasteiger partial charge in [0.1, 0.15) is 0 Å². The predicted octanol–water partition coefficient (Wildman–Crippen LogP) is 1.83. The molecule has 0 rings (SSSR count). The topological polar surface area (TPSA) is 87.1 Å². The second-order valence-corrected chi connectivity index (χ2v) is 5.10. The van der Waals surface area contributed by atoms with Crippen LogP contribution in [0.2, 0.25) is 0 Å². The number of rotatable bonds is 14. The number of carbonyl (C=O) groups is 2. The molecule has 0 aliphatic heterocycles. The zero-order chi connectivity index (χ0) is 16.6. The molecular weight excluding hydrogens is 286 g/mol. The second kappa shape index (κ2) is 14.5. The van der Waals surface area contributed by atoms with Gasteiger partial charge in [0.2, 0.25) is 5.91 Å². The summed E-state index contributed by atoms with van der Waals surface area (Å²) >= 11 is 0. The lowest BCUT2D eigenvalue weighted by Crippen LogP contribution is -2.34. The number of ether oxygens (including phenoxy) is 1. The van der Waals surface area contributed by atoms with Gasteiger partial charge in [-0.05, 0) is 6.42 Å². The van der Waals surface area contributed by atoms with Gasteiger partial charge in [0.15, 0.2) is 0 Å². The molecule has 0 unspecified atom stereocenters. The molecule has 0 spiro atoms. The van der Waals surface area contributed by atoms with Gasteiger partial charge in [-0.2, -0.15) is 0 Å². The minimum absolute atomic E-state index is 0.0513. The molecule has 0 aromatic rings. The van der Waals surface area contributed by atoms with Gasteiger partial charge in [-0.15, -0.1) is 0 Å². The first-order valence-corrected chi connectivity index (χ1v) is 8.00. The van der Waals surface area contributed by atoms with Gasteiger partial charge < -0.3 is 19.8 Å². The van der Waals surface area contributed by atoms with Crippen LogP contribution in [0.15, 0.2) is 12.2 Å². The molecule has 0 aliphatic rings.